The Hall–Kier alpha value is -2.62. The molecule has 7 heteroatoms. The van der Waals surface area contributed by atoms with E-state index < -0.39 is 12.5 Å². The predicted octanol–water partition coefficient (Wildman–Crippen LogP) is 1.69. The minimum absolute atomic E-state index is 0.0517. The van der Waals surface area contributed by atoms with Gasteiger partial charge in [-0.25, -0.2) is 0 Å². The van der Waals surface area contributed by atoms with Crippen LogP contribution in [-0.2, 0) is 4.79 Å². The summed E-state index contributed by atoms with van der Waals surface area (Å²) in [6.07, 6.45) is 1.22. The van der Waals surface area contributed by atoms with Gasteiger partial charge in [-0.2, -0.15) is 14.0 Å². The molecule has 0 radical (unpaired) electrons. The molecule has 0 unspecified atom stereocenters. The molecule has 1 amide bonds. The molecular weight excluding hydrogens is 258 g/mol. The van der Waals surface area contributed by atoms with Crippen molar-refractivity contribution >= 4 is 12.0 Å². The van der Waals surface area contributed by atoms with E-state index in [2.05, 4.69) is 4.74 Å². The molecule has 100 valence electrons. The van der Waals surface area contributed by atoms with Crippen molar-refractivity contribution < 1.29 is 23.0 Å². The molecule has 0 heterocycles. The first kappa shape index (κ1) is 14.4. The Morgan fingerprint density at radius 1 is 1.47 bits per heavy atom. The first-order valence-corrected chi connectivity index (χ1v) is 5.02. The molecule has 0 spiro atoms. The number of halogens is 2. The Bertz CT molecular complexity index is 550. The third kappa shape index (κ3) is 3.96. The van der Waals surface area contributed by atoms with Gasteiger partial charge in [0, 0.05) is 0 Å². The molecule has 1 aromatic rings. The number of carbonyl (C=O) groups excluding carboxylic acids is 1. The van der Waals surface area contributed by atoms with Gasteiger partial charge in [0.15, 0.2) is 11.5 Å². The molecule has 0 aromatic heterocycles. The fraction of sp³-hybridized carbons (Fsp3) is 0.167. The number of rotatable bonds is 5. The summed E-state index contributed by atoms with van der Waals surface area (Å²) in [4.78, 5) is 10.9. The van der Waals surface area contributed by atoms with E-state index in [0.29, 0.717) is 5.56 Å². The first-order valence-electron chi connectivity index (χ1n) is 5.02. The fourth-order valence-corrected chi connectivity index (χ4v) is 1.29. The van der Waals surface area contributed by atoms with Crippen LogP contribution in [-0.4, -0.2) is 19.6 Å². The third-order valence-corrected chi connectivity index (χ3v) is 2.10. The van der Waals surface area contributed by atoms with Crippen molar-refractivity contribution in [2.45, 2.75) is 6.61 Å². The number of carbonyl (C=O) groups is 1. The van der Waals surface area contributed by atoms with Gasteiger partial charge in [0.05, 0.1) is 7.11 Å². The highest BCUT2D eigenvalue weighted by molar-refractivity contribution is 6.00. The van der Waals surface area contributed by atoms with Crippen LogP contribution in [0.1, 0.15) is 5.56 Å². The van der Waals surface area contributed by atoms with Crippen LogP contribution in [0, 0.1) is 11.3 Å². The molecule has 0 aliphatic heterocycles. The van der Waals surface area contributed by atoms with Crippen LogP contribution in [0.4, 0.5) is 8.78 Å². The molecule has 19 heavy (non-hydrogen) atoms. The van der Waals surface area contributed by atoms with E-state index >= 15 is 0 Å². The van der Waals surface area contributed by atoms with Gasteiger partial charge in [0.2, 0.25) is 0 Å². The molecule has 5 nitrogen and oxygen atoms in total. The summed E-state index contributed by atoms with van der Waals surface area (Å²) >= 11 is 0. The van der Waals surface area contributed by atoms with Crippen LogP contribution in [0.3, 0.4) is 0 Å². The molecule has 0 saturated heterocycles. The molecule has 1 rings (SSSR count). The smallest absolute Gasteiger partial charge is 0.387 e. The van der Waals surface area contributed by atoms with E-state index in [1.807, 2.05) is 0 Å². The maximum Gasteiger partial charge on any atom is 0.387 e. The van der Waals surface area contributed by atoms with Crippen molar-refractivity contribution in [3.63, 3.8) is 0 Å². The van der Waals surface area contributed by atoms with E-state index in [4.69, 9.17) is 15.7 Å². The number of hydrogen-bond donors (Lipinski definition) is 1. The average Bonchev–Trinajstić information content (AvgIpc) is 2.36. The van der Waals surface area contributed by atoms with Crippen LogP contribution in [0.15, 0.2) is 23.8 Å². The standard InChI is InChI=1S/C12H10F2N2O3/c1-18-10-5-7(4-8(6-15)11(16)17)2-3-9(10)19-12(13)14/h2-5,12H,1H3,(H2,16,17). The van der Waals surface area contributed by atoms with Gasteiger partial charge in [-0.15, -0.1) is 0 Å². The Labute approximate surface area is 107 Å². The number of nitrogens with zero attached hydrogens (tertiary/aromatic N) is 1. The number of methoxy groups -OCH3 is 1. The number of amides is 1. The molecule has 0 fully saturated rings. The van der Waals surface area contributed by atoms with Crippen molar-refractivity contribution in [1.29, 1.82) is 5.26 Å². The molecule has 0 atom stereocenters. The summed E-state index contributed by atoms with van der Waals surface area (Å²) in [7, 11) is 1.28. The maximum atomic E-state index is 12.1. The Balaban J connectivity index is 3.14. The first-order chi connectivity index (χ1) is 8.97. The molecule has 0 aliphatic rings. The second-order valence-corrected chi connectivity index (χ2v) is 3.32. The molecule has 1 aromatic carbocycles. The number of primary amides is 1. The van der Waals surface area contributed by atoms with Crippen molar-refractivity contribution in [1.82, 2.24) is 0 Å². The minimum Gasteiger partial charge on any atom is -0.493 e. The summed E-state index contributed by atoms with van der Waals surface area (Å²) in [5, 5.41) is 8.68. The van der Waals surface area contributed by atoms with Gasteiger partial charge >= 0.3 is 6.61 Å². The topological polar surface area (TPSA) is 85.3 Å². The lowest BCUT2D eigenvalue weighted by Gasteiger charge is -2.10. The van der Waals surface area contributed by atoms with Gasteiger partial charge in [-0.05, 0) is 23.8 Å². The predicted molar refractivity (Wildman–Crippen MR) is 62.4 cm³/mol. The van der Waals surface area contributed by atoms with E-state index in [1.54, 1.807) is 6.07 Å². The second kappa shape index (κ2) is 6.35. The maximum absolute atomic E-state index is 12.1. The summed E-state index contributed by atoms with van der Waals surface area (Å²) in [6, 6.07) is 5.61. The molecule has 0 saturated carbocycles. The Morgan fingerprint density at radius 2 is 2.16 bits per heavy atom. The molecule has 0 aliphatic carbocycles. The lowest BCUT2D eigenvalue weighted by molar-refractivity contribution is -0.114. The van der Waals surface area contributed by atoms with Gasteiger partial charge in [-0.1, -0.05) is 6.07 Å². The summed E-state index contributed by atoms with van der Waals surface area (Å²) in [5.41, 5.74) is 5.11. The van der Waals surface area contributed by atoms with E-state index in [-0.39, 0.29) is 17.1 Å². The molecule has 0 bridgehead atoms. The van der Waals surface area contributed by atoms with Crippen molar-refractivity contribution in [3.8, 4) is 17.6 Å². The van der Waals surface area contributed by atoms with E-state index in [1.165, 1.54) is 31.4 Å². The zero-order valence-electron chi connectivity index (χ0n) is 9.89. The second-order valence-electron chi connectivity index (χ2n) is 3.32. The number of ether oxygens (including phenoxy) is 2. The van der Waals surface area contributed by atoms with Gasteiger partial charge < -0.3 is 15.2 Å². The summed E-state index contributed by atoms with van der Waals surface area (Å²) in [6.45, 7) is -2.98. The van der Waals surface area contributed by atoms with Gasteiger partial charge in [-0.3, -0.25) is 4.79 Å². The molecular formula is C12H10F2N2O3. The lowest BCUT2D eigenvalue weighted by atomic mass is 10.1. The largest absolute Gasteiger partial charge is 0.493 e. The van der Waals surface area contributed by atoms with Crippen molar-refractivity contribution in [2.24, 2.45) is 5.73 Å². The zero-order valence-corrected chi connectivity index (χ0v) is 9.89. The van der Waals surface area contributed by atoms with Crippen LogP contribution in [0.5, 0.6) is 11.5 Å². The van der Waals surface area contributed by atoms with Gasteiger partial charge in [0.25, 0.3) is 5.91 Å². The lowest BCUT2D eigenvalue weighted by Crippen LogP contribution is -2.12. The van der Waals surface area contributed by atoms with Crippen LogP contribution < -0.4 is 15.2 Å². The SMILES string of the molecule is COc1cc(C=C(C#N)C(N)=O)ccc1OC(F)F. The summed E-state index contributed by atoms with van der Waals surface area (Å²) in [5.74, 6) is -0.975. The fourth-order valence-electron chi connectivity index (χ4n) is 1.29. The average molecular weight is 268 g/mol. The number of hydrogen-bond acceptors (Lipinski definition) is 4. The highest BCUT2D eigenvalue weighted by atomic mass is 19.3. The quantitative estimate of drug-likeness (QED) is 0.650. The zero-order chi connectivity index (χ0) is 14.4. The number of nitriles is 1. The van der Waals surface area contributed by atoms with E-state index in [0.717, 1.165) is 0 Å². The molecule has 2 N–H and O–H groups in total. The van der Waals surface area contributed by atoms with Crippen molar-refractivity contribution in [2.75, 3.05) is 7.11 Å². The monoisotopic (exact) mass is 268 g/mol. The van der Waals surface area contributed by atoms with Crippen LogP contribution in [0.25, 0.3) is 6.08 Å². The Kier molecular flexibility index (Phi) is 4.83. The number of nitrogens with two attached hydrogens (primary N) is 1. The number of alkyl halides is 2. The van der Waals surface area contributed by atoms with Crippen molar-refractivity contribution in [3.05, 3.63) is 29.3 Å². The normalized spacial score (nSPS) is 11.0. The van der Waals surface area contributed by atoms with E-state index in [9.17, 15) is 13.6 Å². The Morgan fingerprint density at radius 3 is 2.63 bits per heavy atom. The van der Waals surface area contributed by atoms with Crippen LogP contribution in [0.2, 0.25) is 0 Å². The highest BCUT2D eigenvalue weighted by Crippen LogP contribution is 2.30. The van der Waals surface area contributed by atoms with Crippen LogP contribution >= 0.6 is 0 Å². The number of benzene rings is 1. The van der Waals surface area contributed by atoms with Gasteiger partial charge in [0.1, 0.15) is 11.6 Å². The summed E-state index contributed by atoms with van der Waals surface area (Å²) < 4.78 is 33.3. The highest BCUT2D eigenvalue weighted by Gasteiger charge is 2.11. The minimum atomic E-state index is -2.98. The third-order valence-electron chi connectivity index (χ3n) is 2.10.